The van der Waals surface area contributed by atoms with E-state index >= 15 is 0 Å². The lowest BCUT2D eigenvalue weighted by molar-refractivity contribution is -0.137. The second kappa shape index (κ2) is 8.82. The number of hydrogen-bond donors (Lipinski definition) is 1. The minimum atomic E-state index is -4.52. The van der Waals surface area contributed by atoms with Gasteiger partial charge in [0.2, 0.25) is 11.8 Å². The van der Waals surface area contributed by atoms with Crippen molar-refractivity contribution in [2.45, 2.75) is 26.4 Å². The second-order valence-corrected chi connectivity index (χ2v) is 8.69. The number of hydrogen-bond acceptors (Lipinski definition) is 4. The predicted octanol–water partition coefficient (Wildman–Crippen LogP) is 5.88. The molecule has 0 atom stereocenters. The number of nitrogens with zero attached hydrogens (tertiary/aromatic N) is 2. The van der Waals surface area contributed by atoms with E-state index in [1.807, 2.05) is 37.4 Å². The van der Waals surface area contributed by atoms with Crippen LogP contribution in [0.2, 0.25) is 0 Å². The molecule has 0 radical (unpaired) electrons. The number of nitrogens with one attached hydrogen (secondary N) is 1. The fourth-order valence-electron chi connectivity index (χ4n) is 3.53. The molecule has 0 unspecified atom stereocenters. The van der Waals surface area contributed by atoms with Crippen molar-refractivity contribution in [2.75, 3.05) is 16.8 Å². The second-order valence-electron chi connectivity index (χ2n) is 7.74. The number of thiophene rings is 1. The van der Waals surface area contributed by atoms with Gasteiger partial charge in [-0.2, -0.15) is 13.2 Å². The van der Waals surface area contributed by atoms with E-state index in [4.69, 9.17) is 4.99 Å². The maximum Gasteiger partial charge on any atom is 0.416 e. The predicted molar refractivity (Wildman–Crippen MR) is 123 cm³/mol. The van der Waals surface area contributed by atoms with Crippen molar-refractivity contribution in [3.63, 3.8) is 0 Å². The monoisotopic (exact) mass is 471 g/mol. The number of rotatable bonds is 4. The Morgan fingerprint density at radius 3 is 2.58 bits per heavy atom. The molecule has 170 valence electrons. The van der Waals surface area contributed by atoms with E-state index in [9.17, 15) is 22.8 Å². The molecule has 1 N–H and O–H groups in total. The average molecular weight is 472 g/mol. The van der Waals surface area contributed by atoms with Gasteiger partial charge in [0.1, 0.15) is 6.54 Å². The van der Waals surface area contributed by atoms with Crippen molar-refractivity contribution in [2.24, 2.45) is 4.99 Å². The number of benzene rings is 2. The molecule has 2 heterocycles. The van der Waals surface area contributed by atoms with Crippen molar-refractivity contribution in [3.05, 3.63) is 75.5 Å². The third-order valence-corrected chi connectivity index (χ3v) is 6.26. The molecule has 33 heavy (non-hydrogen) atoms. The fourth-order valence-corrected chi connectivity index (χ4v) is 4.24. The number of fused-ring (bicyclic) bond motifs is 1. The van der Waals surface area contributed by atoms with E-state index in [-0.39, 0.29) is 24.6 Å². The summed E-state index contributed by atoms with van der Waals surface area (Å²) in [6.45, 7) is 3.49. The summed E-state index contributed by atoms with van der Waals surface area (Å²) in [6, 6.07) is 11.8. The van der Waals surface area contributed by atoms with E-state index in [1.54, 1.807) is 6.07 Å². The van der Waals surface area contributed by atoms with Crippen LogP contribution in [0.1, 0.15) is 28.0 Å². The maximum absolute atomic E-state index is 13.2. The number of anilines is 2. The van der Waals surface area contributed by atoms with Crippen LogP contribution >= 0.6 is 11.3 Å². The Labute approximate surface area is 192 Å². The molecule has 4 rings (SSSR count). The highest BCUT2D eigenvalue weighted by atomic mass is 32.1. The lowest BCUT2D eigenvalue weighted by atomic mass is 10.1. The standard InChI is InChI=1S/C24H20F3N3O2S/c1-14-9-18-20(10-15(14)2)30(23(32)12-19(29-18)21-7-4-8-33-21)13-22(31)28-17-6-3-5-16(11-17)24(25,26)27/h3-11H,12-13H2,1-2H3,(H,28,31). The minimum Gasteiger partial charge on any atom is -0.325 e. The summed E-state index contributed by atoms with van der Waals surface area (Å²) in [6.07, 6.45) is -4.52. The number of aliphatic imine (C=N–C) groups is 1. The molecular formula is C24H20F3N3O2S. The molecule has 1 aliphatic rings. The molecule has 2 aromatic carbocycles. The Morgan fingerprint density at radius 2 is 1.88 bits per heavy atom. The molecule has 0 bridgehead atoms. The molecule has 0 saturated heterocycles. The Balaban J connectivity index is 1.63. The molecule has 0 fully saturated rings. The highest BCUT2D eigenvalue weighted by Crippen LogP contribution is 2.36. The van der Waals surface area contributed by atoms with Gasteiger partial charge >= 0.3 is 6.18 Å². The molecule has 2 amide bonds. The Kier molecular flexibility index (Phi) is 6.07. The van der Waals surface area contributed by atoms with Gasteiger partial charge in [0.25, 0.3) is 0 Å². The molecule has 0 aliphatic carbocycles. The number of carbonyl (C=O) groups excluding carboxylic acids is 2. The van der Waals surface area contributed by atoms with Crippen LogP contribution in [0.3, 0.4) is 0 Å². The van der Waals surface area contributed by atoms with E-state index in [0.717, 1.165) is 28.1 Å². The zero-order valence-electron chi connectivity index (χ0n) is 17.9. The van der Waals surface area contributed by atoms with Gasteiger partial charge in [0, 0.05) is 10.6 Å². The molecule has 1 aliphatic heterocycles. The maximum atomic E-state index is 13.2. The van der Waals surface area contributed by atoms with E-state index < -0.39 is 17.6 Å². The van der Waals surface area contributed by atoms with Crippen LogP contribution in [0, 0.1) is 13.8 Å². The van der Waals surface area contributed by atoms with Crippen molar-refractivity contribution < 1.29 is 22.8 Å². The summed E-state index contributed by atoms with van der Waals surface area (Å²) >= 11 is 1.47. The van der Waals surface area contributed by atoms with Gasteiger partial charge in [-0.1, -0.05) is 12.1 Å². The normalized spacial score (nSPS) is 13.9. The molecule has 3 aromatic rings. The summed E-state index contributed by atoms with van der Waals surface area (Å²) in [5.74, 6) is -0.922. The van der Waals surface area contributed by atoms with Gasteiger partial charge in [-0.15, -0.1) is 11.3 Å². The topological polar surface area (TPSA) is 61.8 Å². The zero-order chi connectivity index (χ0) is 23.8. The lowest BCUT2D eigenvalue weighted by Gasteiger charge is -2.23. The summed E-state index contributed by atoms with van der Waals surface area (Å²) < 4.78 is 39.0. The number of amides is 2. The highest BCUT2D eigenvalue weighted by Gasteiger charge is 2.31. The van der Waals surface area contributed by atoms with Crippen LogP contribution in [0.4, 0.5) is 30.2 Å². The smallest absolute Gasteiger partial charge is 0.325 e. The van der Waals surface area contributed by atoms with E-state index in [2.05, 4.69) is 5.32 Å². The Bertz CT molecular complexity index is 1250. The quantitative estimate of drug-likeness (QED) is 0.517. The first kappa shape index (κ1) is 22.7. The summed E-state index contributed by atoms with van der Waals surface area (Å²) in [7, 11) is 0. The SMILES string of the molecule is Cc1cc2c(cc1C)N(CC(=O)Nc1cccc(C(F)(F)F)c1)C(=O)CC(c1cccs1)=N2. The van der Waals surface area contributed by atoms with Crippen molar-refractivity contribution in [1.29, 1.82) is 0 Å². The van der Waals surface area contributed by atoms with E-state index in [1.165, 1.54) is 28.4 Å². The molecule has 5 nitrogen and oxygen atoms in total. The van der Waals surface area contributed by atoms with Gasteiger partial charge in [0.15, 0.2) is 0 Å². The lowest BCUT2D eigenvalue weighted by Crippen LogP contribution is -2.38. The number of carbonyl (C=O) groups is 2. The van der Waals surface area contributed by atoms with Crippen LogP contribution in [-0.2, 0) is 15.8 Å². The molecule has 0 spiro atoms. The molecule has 9 heteroatoms. The number of halogens is 3. The third-order valence-electron chi connectivity index (χ3n) is 5.34. The van der Waals surface area contributed by atoms with Gasteiger partial charge < -0.3 is 10.2 Å². The van der Waals surface area contributed by atoms with Crippen LogP contribution < -0.4 is 10.2 Å². The largest absolute Gasteiger partial charge is 0.416 e. The van der Waals surface area contributed by atoms with Crippen molar-refractivity contribution >= 4 is 45.9 Å². The van der Waals surface area contributed by atoms with Crippen molar-refractivity contribution in [3.8, 4) is 0 Å². The average Bonchev–Trinajstić information content (AvgIpc) is 3.24. The van der Waals surface area contributed by atoms with Crippen molar-refractivity contribution in [1.82, 2.24) is 0 Å². The van der Waals surface area contributed by atoms with Gasteiger partial charge in [0.05, 0.1) is 29.1 Å². The first-order chi connectivity index (χ1) is 15.6. The summed E-state index contributed by atoms with van der Waals surface area (Å²) in [5.41, 5.74) is 2.74. The number of aryl methyl sites for hydroxylation is 2. The first-order valence-electron chi connectivity index (χ1n) is 10.1. The van der Waals surface area contributed by atoms with Crippen LogP contribution in [-0.4, -0.2) is 24.1 Å². The van der Waals surface area contributed by atoms with Gasteiger partial charge in [-0.3, -0.25) is 9.59 Å². The van der Waals surface area contributed by atoms with Crippen LogP contribution in [0.15, 0.2) is 58.9 Å². The van der Waals surface area contributed by atoms with Crippen LogP contribution in [0.25, 0.3) is 0 Å². The Hall–Kier alpha value is -3.46. The number of alkyl halides is 3. The molecule has 0 saturated carbocycles. The van der Waals surface area contributed by atoms with Crippen LogP contribution in [0.5, 0.6) is 0 Å². The Morgan fingerprint density at radius 1 is 1.12 bits per heavy atom. The minimum absolute atomic E-state index is 0.00409. The highest BCUT2D eigenvalue weighted by molar-refractivity contribution is 7.12. The molecule has 1 aromatic heterocycles. The summed E-state index contributed by atoms with van der Waals surface area (Å²) in [5, 5.41) is 4.37. The third kappa shape index (κ3) is 4.98. The summed E-state index contributed by atoms with van der Waals surface area (Å²) in [4.78, 5) is 32.9. The van der Waals surface area contributed by atoms with E-state index in [0.29, 0.717) is 17.1 Å². The first-order valence-corrected chi connectivity index (χ1v) is 11.0. The van der Waals surface area contributed by atoms with Gasteiger partial charge in [-0.25, -0.2) is 4.99 Å². The molecular weight excluding hydrogens is 451 g/mol. The fraction of sp³-hybridized carbons (Fsp3) is 0.208. The van der Waals surface area contributed by atoms with Gasteiger partial charge in [-0.05, 0) is 66.8 Å². The zero-order valence-corrected chi connectivity index (χ0v) is 18.7.